The first-order valence-corrected chi connectivity index (χ1v) is 9.46. The molecule has 3 rings (SSSR count). The number of benzene rings is 1. The molecule has 2 aromatic rings. The summed E-state index contributed by atoms with van der Waals surface area (Å²) >= 11 is 1.08. The molecule has 2 heterocycles. The second-order valence-corrected chi connectivity index (χ2v) is 7.15. The third kappa shape index (κ3) is 4.35. The number of hydrogen-bond acceptors (Lipinski definition) is 7. The third-order valence-electron chi connectivity index (χ3n) is 3.93. The molecule has 1 N–H and O–H groups in total. The van der Waals surface area contributed by atoms with Gasteiger partial charge in [0.25, 0.3) is 5.91 Å². The highest BCUT2D eigenvalue weighted by atomic mass is 32.2. The van der Waals surface area contributed by atoms with E-state index in [0.29, 0.717) is 29.3 Å². The van der Waals surface area contributed by atoms with E-state index in [2.05, 4.69) is 20.5 Å². The normalized spacial score (nSPS) is 17.3. The van der Waals surface area contributed by atoms with Crippen LogP contribution in [-0.2, 0) is 9.59 Å². The Morgan fingerprint density at radius 1 is 1.36 bits per heavy atom. The van der Waals surface area contributed by atoms with E-state index in [0.717, 1.165) is 11.8 Å². The minimum absolute atomic E-state index is 0.161. The molecule has 8 nitrogen and oxygen atoms in total. The topological polar surface area (TPSA) is 121 Å². The molecule has 1 aliphatic heterocycles. The van der Waals surface area contributed by atoms with Crippen LogP contribution >= 0.6 is 11.8 Å². The maximum atomic E-state index is 12.5. The first-order chi connectivity index (χ1) is 13.5. The lowest BCUT2D eigenvalue weighted by Crippen LogP contribution is -2.30. The number of thioether (sulfide) groups is 1. The number of aryl methyl sites for hydroxylation is 1. The van der Waals surface area contributed by atoms with Crippen molar-refractivity contribution in [3.63, 3.8) is 0 Å². The van der Waals surface area contributed by atoms with Crippen molar-refractivity contribution in [2.75, 3.05) is 5.32 Å². The van der Waals surface area contributed by atoms with Gasteiger partial charge >= 0.3 is 0 Å². The molecule has 0 saturated heterocycles. The van der Waals surface area contributed by atoms with E-state index >= 15 is 0 Å². The van der Waals surface area contributed by atoms with Crippen LogP contribution in [0.1, 0.15) is 24.7 Å². The maximum Gasteiger partial charge on any atom is 0.271 e. The number of rotatable bonds is 5. The lowest BCUT2D eigenvalue weighted by atomic mass is 9.96. The van der Waals surface area contributed by atoms with Gasteiger partial charge in [-0.05, 0) is 18.9 Å². The van der Waals surface area contributed by atoms with Gasteiger partial charge in [-0.15, -0.1) is 0 Å². The molecule has 142 valence electrons. The molecule has 0 bridgehead atoms. The summed E-state index contributed by atoms with van der Waals surface area (Å²) < 4.78 is 4.94. The molecule has 28 heavy (non-hydrogen) atoms. The maximum absolute atomic E-state index is 12.5. The summed E-state index contributed by atoms with van der Waals surface area (Å²) in [5, 5.41) is 15.4. The van der Waals surface area contributed by atoms with Crippen LogP contribution in [0, 0.1) is 24.2 Å². The zero-order valence-electron chi connectivity index (χ0n) is 15.2. The molecule has 2 unspecified atom stereocenters. The second-order valence-electron chi connectivity index (χ2n) is 5.98. The molecule has 9 heteroatoms. The lowest BCUT2D eigenvalue weighted by molar-refractivity contribution is -0.118. The van der Waals surface area contributed by atoms with Crippen molar-refractivity contribution < 1.29 is 14.1 Å². The lowest BCUT2D eigenvalue weighted by Gasteiger charge is -2.18. The van der Waals surface area contributed by atoms with Crippen LogP contribution in [-0.4, -0.2) is 33.1 Å². The van der Waals surface area contributed by atoms with Gasteiger partial charge in [-0.3, -0.25) is 9.59 Å². The number of nitriles is 1. The Morgan fingerprint density at radius 2 is 2.11 bits per heavy atom. The standard InChI is InChI=1S/C19H17N5O3S/c1-3-14(18(26)21-15-9-11(2)27-24-15)28-19-22-16(12-7-5-4-6-8-12)13(10-20)17(25)23-19/h4-9,13-14H,3H2,1-2H3,(H,21,24,26). The number of amidine groups is 1. The van der Waals surface area contributed by atoms with Crippen molar-refractivity contribution in [3.05, 3.63) is 47.7 Å². The predicted molar refractivity (Wildman–Crippen MR) is 106 cm³/mol. The van der Waals surface area contributed by atoms with Crippen LogP contribution in [0.4, 0.5) is 5.82 Å². The van der Waals surface area contributed by atoms with Crippen molar-refractivity contribution in [1.29, 1.82) is 5.26 Å². The monoisotopic (exact) mass is 395 g/mol. The molecule has 0 spiro atoms. The van der Waals surface area contributed by atoms with Gasteiger partial charge in [0, 0.05) is 6.07 Å². The van der Waals surface area contributed by atoms with Crippen LogP contribution in [0.25, 0.3) is 0 Å². The SMILES string of the molecule is CCC(SC1=NC(=O)C(C#N)C(c2ccccc2)=N1)C(=O)Nc1cc(C)on1. The largest absolute Gasteiger partial charge is 0.360 e. The number of aliphatic imine (C=N–C) groups is 2. The molecule has 1 aromatic heterocycles. The van der Waals surface area contributed by atoms with Gasteiger partial charge in [0.2, 0.25) is 5.91 Å². The number of aromatic nitrogens is 1. The van der Waals surface area contributed by atoms with E-state index in [4.69, 9.17) is 4.52 Å². The van der Waals surface area contributed by atoms with Gasteiger partial charge in [0.05, 0.1) is 17.0 Å². The Hall–Kier alpha value is -3.25. The zero-order chi connectivity index (χ0) is 20.1. The number of hydrogen-bond donors (Lipinski definition) is 1. The van der Waals surface area contributed by atoms with Gasteiger partial charge in [0.15, 0.2) is 16.9 Å². The smallest absolute Gasteiger partial charge is 0.271 e. The average molecular weight is 395 g/mol. The number of carbonyl (C=O) groups excluding carboxylic acids is 2. The van der Waals surface area contributed by atoms with Gasteiger partial charge in [-0.25, -0.2) is 4.99 Å². The van der Waals surface area contributed by atoms with Crippen LogP contribution in [0.2, 0.25) is 0 Å². The Labute approximate surface area is 165 Å². The fraction of sp³-hybridized carbons (Fsp3) is 0.263. The van der Waals surface area contributed by atoms with E-state index in [1.807, 2.05) is 19.1 Å². The second kappa shape index (κ2) is 8.63. The summed E-state index contributed by atoms with van der Waals surface area (Å²) in [6.45, 7) is 3.57. The highest BCUT2D eigenvalue weighted by molar-refractivity contribution is 8.15. The number of anilines is 1. The first kappa shape index (κ1) is 19.5. The molecule has 2 atom stereocenters. The quantitative estimate of drug-likeness (QED) is 0.831. The Balaban J connectivity index is 1.81. The molecule has 0 fully saturated rings. The number of nitrogens with zero attached hydrogens (tertiary/aromatic N) is 4. The van der Waals surface area contributed by atoms with E-state index < -0.39 is 17.1 Å². The van der Waals surface area contributed by atoms with Crippen LogP contribution < -0.4 is 5.32 Å². The Kier molecular flexibility index (Phi) is 6.01. The van der Waals surface area contributed by atoms with Crippen molar-refractivity contribution in [2.45, 2.75) is 25.5 Å². The summed E-state index contributed by atoms with van der Waals surface area (Å²) in [4.78, 5) is 33.2. The highest BCUT2D eigenvalue weighted by Gasteiger charge is 2.31. The van der Waals surface area contributed by atoms with Crippen molar-refractivity contribution in [2.24, 2.45) is 15.9 Å². The summed E-state index contributed by atoms with van der Waals surface area (Å²) in [5.41, 5.74) is 1.01. The average Bonchev–Trinajstić information content (AvgIpc) is 3.10. The number of nitrogens with one attached hydrogen (secondary N) is 1. The van der Waals surface area contributed by atoms with Gasteiger partial charge in [-0.1, -0.05) is 54.2 Å². The number of carbonyl (C=O) groups is 2. The fourth-order valence-corrected chi connectivity index (χ4v) is 3.44. The van der Waals surface area contributed by atoms with Gasteiger partial charge in [-0.2, -0.15) is 10.3 Å². The van der Waals surface area contributed by atoms with E-state index in [1.54, 1.807) is 37.3 Å². The number of amides is 2. The molecule has 2 amide bonds. The fourth-order valence-electron chi connectivity index (χ4n) is 2.56. The van der Waals surface area contributed by atoms with Crippen LogP contribution in [0.3, 0.4) is 0 Å². The Morgan fingerprint density at radius 3 is 2.71 bits per heavy atom. The minimum Gasteiger partial charge on any atom is -0.360 e. The molecule has 0 radical (unpaired) electrons. The van der Waals surface area contributed by atoms with Gasteiger partial charge < -0.3 is 9.84 Å². The van der Waals surface area contributed by atoms with E-state index in [1.165, 1.54) is 0 Å². The third-order valence-corrected chi connectivity index (χ3v) is 5.16. The molecule has 0 aliphatic carbocycles. The van der Waals surface area contributed by atoms with Crippen molar-refractivity contribution in [3.8, 4) is 6.07 Å². The Bertz CT molecular complexity index is 990. The molecule has 0 saturated carbocycles. The molecule has 1 aliphatic rings. The van der Waals surface area contributed by atoms with Crippen molar-refractivity contribution in [1.82, 2.24) is 5.16 Å². The zero-order valence-corrected chi connectivity index (χ0v) is 16.1. The first-order valence-electron chi connectivity index (χ1n) is 8.58. The minimum atomic E-state index is -1.06. The summed E-state index contributed by atoms with van der Waals surface area (Å²) in [5.74, 6) is -1.03. The van der Waals surface area contributed by atoms with E-state index in [9.17, 15) is 14.9 Å². The summed E-state index contributed by atoms with van der Waals surface area (Å²) in [6, 6.07) is 12.6. The van der Waals surface area contributed by atoms with E-state index in [-0.39, 0.29) is 11.1 Å². The van der Waals surface area contributed by atoms with Gasteiger partial charge in [0.1, 0.15) is 5.76 Å². The van der Waals surface area contributed by atoms with Crippen molar-refractivity contribution >= 4 is 40.3 Å². The summed E-state index contributed by atoms with van der Waals surface area (Å²) in [7, 11) is 0. The molecule has 1 aromatic carbocycles. The van der Waals surface area contributed by atoms with Crippen LogP contribution in [0.15, 0.2) is 50.9 Å². The molecular formula is C19H17N5O3S. The summed E-state index contributed by atoms with van der Waals surface area (Å²) in [6.07, 6.45) is 0.485. The highest BCUT2D eigenvalue weighted by Crippen LogP contribution is 2.25. The van der Waals surface area contributed by atoms with Crippen LogP contribution in [0.5, 0.6) is 0 Å². The molecular weight excluding hydrogens is 378 g/mol. The predicted octanol–water partition coefficient (Wildman–Crippen LogP) is 2.96.